The number of hydrogen-bond acceptors (Lipinski definition) is 8. The zero-order valence-corrected chi connectivity index (χ0v) is 17.0. The van der Waals surface area contributed by atoms with Gasteiger partial charge in [-0.15, -0.1) is 0 Å². The van der Waals surface area contributed by atoms with Crippen LogP contribution >= 0.6 is 11.6 Å². The third kappa shape index (κ3) is 3.61. The van der Waals surface area contributed by atoms with Crippen LogP contribution in [0, 0.1) is 0 Å². The molecule has 0 bridgehead atoms. The van der Waals surface area contributed by atoms with Gasteiger partial charge in [-0.1, -0.05) is 17.7 Å². The number of halogens is 1. The van der Waals surface area contributed by atoms with Gasteiger partial charge in [-0.2, -0.15) is 0 Å². The van der Waals surface area contributed by atoms with Crippen LogP contribution in [0.3, 0.4) is 0 Å². The molecular weight excluding hydrogens is 404 g/mol. The fourth-order valence-electron chi connectivity index (χ4n) is 3.70. The van der Waals surface area contributed by atoms with Crippen LogP contribution in [0.2, 0.25) is 5.02 Å². The summed E-state index contributed by atoms with van der Waals surface area (Å²) in [4.78, 5) is 13.3. The Kier molecular flexibility index (Phi) is 4.84. The van der Waals surface area contributed by atoms with Crippen LogP contribution in [0.1, 0.15) is 0 Å². The molecule has 0 amide bonds. The predicted molar refractivity (Wildman–Crippen MR) is 118 cm³/mol. The Bertz CT molecular complexity index is 1070. The SMILES string of the molecule is Nc1c(Nc2ccc3c(c2)OCO3)ncnc1N1CCN(c2cccc(Cl)c2)CC1. The van der Waals surface area contributed by atoms with Gasteiger partial charge in [-0.3, -0.25) is 0 Å². The number of aromatic nitrogens is 2. The van der Waals surface area contributed by atoms with E-state index in [1.807, 2.05) is 36.4 Å². The molecule has 0 unspecified atom stereocenters. The zero-order chi connectivity index (χ0) is 20.5. The first-order valence-electron chi connectivity index (χ1n) is 9.70. The van der Waals surface area contributed by atoms with Crippen LogP contribution in [-0.2, 0) is 0 Å². The molecule has 1 fully saturated rings. The topological polar surface area (TPSA) is 88.8 Å². The zero-order valence-electron chi connectivity index (χ0n) is 16.2. The minimum Gasteiger partial charge on any atom is -0.454 e. The van der Waals surface area contributed by atoms with E-state index in [0.717, 1.165) is 54.1 Å². The minimum atomic E-state index is 0.236. The van der Waals surface area contributed by atoms with Crippen LogP contribution in [-0.4, -0.2) is 42.9 Å². The summed E-state index contributed by atoms with van der Waals surface area (Å²) in [5.41, 5.74) is 8.89. The maximum atomic E-state index is 6.42. The number of hydrogen-bond donors (Lipinski definition) is 2. The van der Waals surface area contributed by atoms with Crippen molar-refractivity contribution in [3.8, 4) is 11.5 Å². The van der Waals surface area contributed by atoms with Crippen LogP contribution in [0.15, 0.2) is 48.8 Å². The standard InChI is InChI=1S/C21H21ClN6O2/c22-14-2-1-3-16(10-14)27-6-8-28(9-7-27)21-19(23)20(24-12-25-21)26-15-4-5-17-18(11-15)30-13-29-17/h1-5,10-12H,6-9,13,23H2,(H,24,25,26). The number of nitrogens with zero attached hydrogens (tertiary/aromatic N) is 4. The van der Waals surface area contributed by atoms with Gasteiger partial charge < -0.3 is 30.3 Å². The van der Waals surface area contributed by atoms with Crippen molar-refractivity contribution < 1.29 is 9.47 Å². The molecule has 1 aromatic heterocycles. The van der Waals surface area contributed by atoms with E-state index in [1.165, 1.54) is 6.33 Å². The number of nitrogens with one attached hydrogen (secondary N) is 1. The molecule has 0 aliphatic carbocycles. The summed E-state index contributed by atoms with van der Waals surface area (Å²) in [5.74, 6) is 2.73. The second-order valence-corrected chi connectivity index (χ2v) is 7.54. The Labute approximate surface area is 179 Å². The Hall–Kier alpha value is -3.39. The van der Waals surface area contributed by atoms with Crippen molar-refractivity contribution >= 4 is 40.3 Å². The molecule has 9 heteroatoms. The third-order valence-corrected chi connectivity index (χ3v) is 5.49. The highest BCUT2D eigenvalue weighted by molar-refractivity contribution is 6.30. The van der Waals surface area contributed by atoms with Gasteiger partial charge in [0, 0.05) is 48.6 Å². The summed E-state index contributed by atoms with van der Waals surface area (Å²) < 4.78 is 10.8. The van der Waals surface area contributed by atoms with Gasteiger partial charge in [0.05, 0.1) is 0 Å². The maximum absolute atomic E-state index is 6.42. The van der Waals surface area contributed by atoms with Crippen molar-refractivity contribution in [3.05, 3.63) is 53.8 Å². The maximum Gasteiger partial charge on any atom is 0.231 e. The lowest BCUT2D eigenvalue weighted by Gasteiger charge is -2.37. The highest BCUT2D eigenvalue weighted by atomic mass is 35.5. The van der Waals surface area contributed by atoms with E-state index in [0.29, 0.717) is 17.3 Å². The van der Waals surface area contributed by atoms with E-state index < -0.39 is 0 Å². The monoisotopic (exact) mass is 424 g/mol. The van der Waals surface area contributed by atoms with Crippen molar-refractivity contribution in [2.24, 2.45) is 0 Å². The van der Waals surface area contributed by atoms with Gasteiger partial charge in [0.2, 0.25) is 6.79 Å². The van der Waals surface area contributed by atoms with E-state index >= 15 is 0 Å². The molecule has 30 heavy (non-hydrogen) atoms. The Morgan fingerprint density at radius 3 is 2.57 bits per heavy atom. The molecule has 3 aromatic rings. The summed E-state index contributed by atoms with van der Waals surface area (Å²) in [7, 11) is 0. The first-order chi connectivity index (χ1) is 14.7. The van der Waals surface area contributed by atoms with Crippen molar-refractivity contribution in [2.75, 3.05) is 53.8 Å². The average Bonchev–Trinajstić information content (AvgIpc) is 3.23. The molecule has 2 aliphatic heterocycles. The summed E-state index contributed by atoms with van der Waals surface area (Å²) in [6.07, 6.45) is 1.53. The molecule has 154 valence electrons. The molecule has 5 rings (SSSR count). The highest BCUT2D eigenvalue weighted by Gasteiger charge is 2.22. The Morgan fingerprint density at radius 2 is 1.73 bits per heavy atom. The van der Waals surface area contributed by atoms with Gasteiger partial charge in [-0.05, 0) is 30.3 Å². The number of ether oxygens (including phenoxy) is 2. The molecule has 1 saturated heterocycles. The molecule has 0 atom stereocenters. The Balaban J connectivity index is 1.30. The van der Waals surface area contributed by atoms with Gasteiger partial charge in [0.25, 0.3) is 0 Å². The van der Waals surface area contributed by atoms with Gasteiger partial charge >= 0.3 is 0 Å². The number of piperazine rings is 1. The number of benzene rings is 2. The van der Waals surface area contributed by atoms with Crippen molar-refractivity contribution in [3.63, 3.8) is 0 Å². The van der Waals surface area contributed by atoms with E-state index in [9.17, 15) is 0 Å². The Morgan fingerprint density at radius 1 is 0.933 bits per heavy atom. The van der Waals surface area contributed by atoms with Crippen LogP contribution < -0.4 is 30.3 Å². The van der Waals surface area contributed by atoms with E-state index in [1.54, 1.807) is 0 Å². The van der Waals surface area contributed by atoms with Crippen molar-refractivity contribution in [1.29, 1.82) is 0 Å². The van der Waals surface area contributed by atoms with E-state index in [4.69, 9.17) is 26.8 Å². The predicted octanol–water partition coefficient (Wildman–Crippen LogP) is 3.51. The quantitative estimate of drug-likeness (QED) is 0.657. The second-order valence-electron chi connectivity index (χ2n) is 7.11. The molecule has 0 spiro atoms. The molecule has 8 nitrogen and oxygen atoms in total. The number of fused-ring (bicyclic) bond motifs is 1. The average molecular weight is 425 g/mol. The molecule has 0 saturated carbocycles. The summed E-state index contributed by atoms with van der Waals surface area (Å²) in [6, 6.07) is 13.6. The van der Waals surface area contributed by atoms with Crippen LogP contribution in [0.5, 0.6) is 11.5 Å². The first-order valence-corrected chi connectivity index (χ1v) is 10.1. The fourth-order valence-corrected chi connectivity index (χ4v) is 3.88. The lowest BCUT2D eigenvalue weighted by Crippen LogP contribution is -2.47. The lowest BCUT2D eigenvalue weighted by atomic mass is 10.2. The normalized spacial score (nSPS) is 15.4. The van der Waals surface area contributed by atoms with E-state index in [-0.39, 0.29) is 6.79 Å². The largest absolute Gasteiger partial charge is 0.454 e. The highest BCUT2D eigenvalue weighted by Crippen LogP contribution is 2.36. The molecule has 3 heterocycles. The van der Waals surface area contributed by atoms with Crippen LogP contribution in [0.25, 0.3) is 0 Å². The summed E-state index contributed by atoms with van der Waals surface area (Å²) in [6.45, 7) is 3.55. The molecule has 2 aliphatic rings. The lowest BCUT2D eigenvalue weighted by molar-refractivity contribution is 0.174. The van der Waals surface area contributed by atoms with Gasteiger partial charge in [0.15, 0.2) is 23.1 Å². The molecular formula is C21H21ClN6O2. The fraction of sp³-hybridized carbons (Fsp3) is 0.238. The molecule has 2 aromatic carbocycles. The minimum absolute atomic E-state index is 0.236. The summed E-state index contributed by atoms with van der Waals surface area (Å²) >= 11 is 6.13. The first kappa shape index (κ1) is 18.6. The number of nitrogen functional groups attached to an aromatic ring is 1. The molecule has 3 N–H and O–H groups in total. The van der Waals surface area contributed by atoms with E-state index in [2.05, 4.69) is 31.2 Å². The van der Waals surface area contributed by atoms with Gasteiger partial charge in [0.1, 0.15) is 12.0 Å². The molecule has 0 radical (unpaired) electrons. The van der Waals surface area contributed by atoms with Crippen molar-refractivity contribution in [2.45, 2.75) is 0 Å². The van der Waals surface area contributed by atoms with Gasteiger partial charge in [-0.25, -0.2) is 9.97 Å². The van der Waals surface area contributed by atoms with Crippen molar-refractivity contribution in [1.82, 2.24) is 9.97 Å². The summed E-state index contributed by atoms with van der Waals surface area (Å²) in [5, 5.41) is 4.00. The number of nitrogens with two attached hydrogens (primary N) is 1. The second kappa shape index (κ2) is 7.79. The van der Waals surface area contributed by atoms with Crippen LogP contribution in [0.4, 0.5) is 28.7 Å². The smallest absolute Gasteiger partial charge is 0.231 e. The number of rotatable bonds is 4. The number of anilines is 5. The third-order valence-electron chi connectivity index (χ3n) is 5.25.